The lowest BCUT2D eigenvalue weighted by Crippen LogP contribution is -2.01. The molecule has 0 radical (unpaired) electrons. The van der Waals surface area contributed by atoms with Gasteiger partial charge in [-0.2, -0.15) is 0 Å². The first-order valence-corrected chi connectivity index (χ1v) is 5.91. The van der Waals surface area contributed by atoms with E-state index < -0.39 is 0 Å². The van der Waals surface area contributed by atoms with E-state index in [0.29, 0.717) is 0 Å². The Balaban J connectivity index is 1.95. The summed E-state index contributed by atoms with van der Waals surface area (Å²) in [5.74, 6) is 1.91. The fourth-order valence-electron chi connectivity index (χ4n) is 1.77. The zero-order valence-corrected chi connectivity index (χ0v) is 9.95. The molecule has 0 unspecified atom stereocenters. The van der Waals surface area contributed by atoms with Crippen molar-refractivity contribution in [2.24, 2.45) is 5.92 Å². The monoisotopic (exact) mass is 218 g/mol. The van der Waals surface area contributed by atoms with Crippen LogP contribution in [-0.2, 0) is 0 Å². The van der Waals surface area contributed by atoms with Gasteiger partial charge in [0.15, 0.2) is 5.78 Å². The number of hydrogen-bond donors (Lipinski definition) is 0. The third kappa shape index (κ3) is 2.84. The molecular formula is C14H18O2. The lowest BCUT2D eigenvalue weighted by molar-refractivity contribution is 0.101. The average Bonchev–Trinajstić information content (AvgIpc) is 3.04. The van der Waals surface area contributed by atoms with Gasteiger partial charge in [-0.25, -0.2) is 0 Å². The van der Waals surface area contributed by atoms with E-state index >= 15 is 0 Å². The quantitative estimate of drug-likeness (QED) is 0.708. The predicted octanol–water partition coefficient (Wildman–Crippen LogP) is 3.38. The molecule has 0 heterocycles. The molecule has 1 saturated carbocycles. The highest BCUT2D eigenvalue weighted by molar-refractivity contribution is 5.94. The van der Waals surface area contributed by atoms with Crippen molar-refractivity contribution in [2.45, 2.75) is 33.1 Å². The molecule has 1 aliphatic carbocycles. The van der Waals surface area contributed by atoms with Gasteiger partial charge in [0.2, 0.25) is 0 Å². The molecule has 0 bridgehead atoms. The van der Waals surface area contributed by atoms with Crippen molar-refractivity contribution in [2.75, 3.05) is 6.61 Å². The van der Waals surface area contributed by atoms with Gasteiger partial charge in [0, 0.05) is 5.56 Å². The Morgan fingerprint density at radius 3 is 2.75 bits per heavy atom. The molecule has 0 aromatic heterocycles. The summed E-state index contributed by atoms with van der Waals surface area (Å²) < 4.78 is 5.71. The molecular weight excluding hydrogens is 200 g/mol. The summed E-state index contributed by atoms with van der Waals surface area (Å²) in [6, 6.07) is 5.63. The van der Waals surface area contributed by atoms with E-state index in [0.717, 1.165) is 35.8 Å². The van der Waals surface area contributed by atoms with Crippen molar-refractivity contribution < 1.29 is 9.53 Å². The number of hydrogen-bond acceptors (Lipinski definition) is 2. The van der Waals surface area contributed by atoms with Gasteiger partial charge in [-0.3, -0.25) is 4.79 Å². The Kier molecular flexibility index (Phi) is 3.28. The second kappa shape index (κ2) is 4.69. The first-order chi connectivity index (χ1) is 7.66. The Hall–Kier alpha value is -1.31. The zero-order valence-electron chi connectivity index (χ0n) is 9.95. The standard InChI is InChI=1S/C14H18O2/c1-10-9-13(11(2)15)5-6-14(10)16-8-7-12-3-4-12/h5-6,9,12H,3-4,7-8H2,1-2H3. The van der Waals surface area contributed by atoms with Crippen LogP contribution in [0, 0.1) is 12.8 Å². The second-order valence-electron chi connectivity index (χ2n) is 4.62. The number of carbonyl (C=O) groups is 1. The summed E-state index contributed by atoms with van der Waals surface area (Å²) in [6.07, 6.45) is 3.89. The minimum Gasteiger partial charge on any atom is -0.493 e. The summed E-state index contributed by atoms with van der Waals surface area (Å²) in [5, 5.41) is 0. The van der Waals surface area contributed by atoms with Crippen LogP contribution in [0.25, 0.3) is 0 Å². The van der Waals surface area contributed by atoms with E-state index in [1.807, 2.05) is 25.1 Å². The first-order valence-electron chi connectivity index (χ1n) is 5.91. The second-order valence-corrected chi connectivity index (χ2v) is 4.62. The number of rotatable bonds is 5. The van der Waals surface area contributed by atoms with E-state index in [9.17, 15) is 4.79 Å². The maximum atomic E-state index is 11.2. The molecule has 1 aliphatic rings. The Morgan fingerprint density at radius 1 is 1.44 bits per heavy atom. The fraction of sp³-hybridized carbons (Fsp3) is 0.500. The van der Waals surface area contributed by atoms with Crippen LogP contribution in [0.3, 0.4) is 0 Å². The molecule has 86 valence electrons. The van der Waals surface area contributed by atoms with Crippen LogP contribution in [0.2, 0.25) is 0 Å². The maximum Gasteiger partial charge on any atom is 0.159 e. The normalized spacial score (nSPS) is 14.9. The van der Waals surface area contributed by atoms with Crippen molar-refractivity contribution in [3.63, 3.8) is 0 Å². The first kappa shape index (κ1) is 11.2. The molecule has 0 atom stereocenters. The molecule has 0 saturated heterocycles. The zero-order chi connectivity index (χ0) is 11.5. The van der Waals surface area contributed by atoms with E-state index in [1.54, 1.807) is 6.92 Å². The minimum absolute atomic E-state index is 0.104. The molecule has 2 heteroatoms. The molecule has 1 aromatic carbocycles. The molecule has 2 nitrogen and oxygen atoms in total. The fourth-order valence-corrected chi connectivity index (χ4v) is 1.77. The summed E-state index contributed by atoms with van der Waals surface area (Å²) in [6.45, 7) is 4.37. The highest BCUT2D eigenvalue weighted by Crippen LogP contribution is 2.32. The van der Waals surface area contributed by atoms with E-state index in [4.69, 9.17) is 4.74 Å². The van der Waals surface area contributed by atoms with Crippen LogP contribution in [-0.4, -0.2) is 12.4 Å². The van der Waals surface area contributed by atoms with Gasteiger partial charge >= 0.3 is 0 Å². The lowest BCUT2D eigenvalue weighted by Gasteiger charge is -2.09. The number of ketones is 1. The number of carbonyl (C=O) groups excluding carboxylic acids is 1. The topological polar surface area (TPSA) is 26.3 Å². The largest absolute Gasteiger partial charge is 0.493 e. The molecule has 1 fully saturated rings. The van der Waals surface area contributed by atoms with Crippen LogP contribution in [0.15, 0.2) is 18.2 Å². The molecule has 16 heavy (non-hydrogen) atoms. The summed E-state index contributed by atoms with van der Waals surface area (Å²) in [5.41, 5.74) is 1.80. The smallest absolute Gasteiger partial charge is 0.159 e. The summed E-state index contributed by atoms with van der Waals surface area (Å²) in [7, 11) is 0. The predicted molar refractivity (Wildman–Crippen MR) is 64.0 cm³/mol. The van der Waals surface area contributed by atoms with Gasteiger partial charge in [-0.15, -0.1) is 0 Å². The van der Waals surface area contributed by atoms with Gasteiger partial charge in [0.1, 0.15) is 5.75 Å². The highest BCUT2D eigenvalue weighted by Gasteiger charge is 2.20. The Bertz CT molecular complexity index is 392. The third-order valence-electron chi connectivity index (χ3n) is 3.06. The van der Waals surface area contributed by atoms with Crippen LogP contribution < -0.4 is 4.74 Å². The molecule has 0 amide bonds. The SMILES string of the molecule is CC(=O)c1ccc(OCCC2CC2)c(C)c1. The third-order valence-corrected chi connectivity index (χ3v) is 3.06. The van der Waals surface area contributed by atoms with Gasteiger partial charge in [0.05, 0.1) is 6.61 Å². The molecule has 0 spiro atoms. The van der Waals surface area contributed by atoms with Gasteiger partial charge in [0.25, 0.3) is 0 Å². The van der Waals surface area contributed by atoms with Gasteiger partial charge < -0.3 is 4.74 Å². The maximum absolute atomic E-state index is 11.2. The van der Waals surface area contributed by atoms with Gasteiger partial charge in [-0.05, 0) is 49.9 Å². The molecule has 2 rings (SSSR count). The van der Waals surface area contributed by atoms with E-state index in [-0.39, 0.29) is 5.78 Å². The highest BCUT2D eigenvalue weighted by atomic mass is 16.5. The number of Topliss-reactive ketones (excluding diaryl/α,β-unsaturated/α-hetero) is 1. The van der Waals surface area contributed by atoms with Crippen molar-refractivity contribution in [3.05, 3.63) is 29.3 Å². The molecule has 0 aliphatic heterocycles. The van der Waals surface area contributed by atoms with Crippen LogP contribution >= 0.6 is 0 Å². The average molecular weight is 218 g/mol. The molecule has 0 N–H and O–H groups in total. The van der Waals surface area contributed by atoms with Crippen molar-refractivity contribution in [1.82, 2.24) is 0 Å². The number of aryl methyl sites for hydroxylation is 1. The van der Waals surface area contributed by atoms with Crippen LogP contribution in [0.5, 0.6) is 5.75 Å². The van der Waals surface area contributed by atoms with E-state index in [2.05, 4.69) is 0 Å². The van der Waals surface area contributed by atoms with Crippen molar-refractivity contribution in [3.8, 4) is 5.75 Å². The number of ether oxygens (including phenoxy) is 1. The summed E-state index contributed by atoms with van der Waals surface area (Å²) in [4.78, 5) is 11.2. The van der Waals surface area contributed by atoms with Gasteiger partial charge in [-0.1, -0.05) is 12.8 Å². The Labute approximate surface area is 96.6 Å². The Morgan fingerprint density at radius 2 is 2.19 bits per heavy atom. The molecule has 1 aromatic rings. The number of benzene rings is 1. The summed E-state index contributed by atoms with van der Waals surface area (Å²) >= 11 is 0. The van der Waals surface area contributed by atoms with Crippen molar-refractivity contribution in [1.29, 1.82) is 0 Å². The van der Waals surface area contributed by atoms with Crippen molar-refractivity contribution >= 4 is 5.78 Å². The van der Waals surface area contributed by atoms with Crippen LogP contribution in [0.4, 0.5) is 0 Å². The minimum atomic E-state index is 0.104. The lowest BCUT2D eigenvalue weighted by atomic mass is 10.1. The van der Waals surface area contributed by atoms with E-state index in [1.165, 1.54) is 12.8 Å². The van der Waals surface area contributed by atoms with Crippen LogP contribution in [0.1, 0.15) is 42.1 Å².